The minimum atomic E-state index is -3.52. The molecule has 0 heterocycles. The fourth-order valence-electron chi connectivity index (χ4n) is 2.83. The Kier molecular flexibility index (Phi) is 5.00. The van der Waals surface area contributed by atoms with Crippen molar-refractivity contribution in [1.82, 2.24) is 4.72 Å². The van der Waals surface area contributed by atoms with E-state index in [-0.39, 0.29) is 17.6 Å². The fraction of sp³-hybridized carbons (Fsp3) is 0.647. The van der Waals surface area contributed by atoms with Crippen LogP contribution in [-0.4, -0.2) is 25.7 Å². The maximum Gasteiger partial charge on any atom is 0.241 e. The number of sulfonamides is 1. The molecule has 0 atom stereocenters. The molecule has 0 bridgehead atoms. The van der Waals surface area contributed by atoms with Crippen molar-refractivity contribution in [2.75, 3.05) is 0 Å². The number of aryl methyl sites for hydroxylation is 1. The molecule has 4 nitrogen and oxygen atoms in total. The molecule has 124 valence electrons. The van der Waals surface area contributed by atoms with E-state index in [1.807, 2.05) is 19.1 Å². The van der Waals surface area contributed by atoms with E-state index in [2.05, 4.69) is 25.5 Å². The van der Waals surface area contributed by atoms with Crippen LogP contribution in [0.2, 0.25) is 0 Å². The van der Waals surface area contributed by atoms with Crippen molar-refractivity contribution in [3.05, 3.63) is 29.3 Å². The summed E-state index contributed by atoms with van der Waals surface area (Å²) in [5.74, 6) is 0. The summed E-state index contributed by atoms with van der Waals surface area (Å²) >= 11 is 0. The number of aliphatic hydroxyl groups excluding tert-OH is 1. The zero-order valence-electron chi connectivity index (χ0n) is 13.9. The Bertz CT molecular complexity index is 624. The summed E-state index contributed by atoms with van der Waals surface area (Å²) in [4.78, 5) is 0.367. The molecule has 1 fully saturated rings. The molecule has 0 aliphatic heterocycles. The van der Waals surface area contributed by atoms with E-state index < -0.39 is 10.0 Å². The first-order valence-electron chi connectivity index (χ1n) is 7.91. The van der Waals surface area contributed by atoms with Crippen LogP contribution < -0.4 is 4.72 Å². The second-order valence-electron chi connectivity index (χ2n) is 7.36. The average molecular weight is 325 g/mol. The molecule has 1 aliphatic rings. The number of aliphatic hydroxyl groups is 1. The summed E-state index contributed by atoms with van der Waals surface area (Å²) in [5.41, 5.74) is 1.68. The van der Waals surface area contributed by atoms with E-state index in [1.165, 1.54) is 0 Å². The third kappa shape index (κ3) is 4.09. The Labute approximate surface area is 134 Å². The zero-order chi connectivity index (χ0) is 16.5. The van der Waals surface area contributed by atoms with Crippen molar-refractivity contribution in [2.45, 2.75) is 75.8 Å². The van der Waals surface area contributed by atoms with Crippen molar-refractivity contribution < 1.29 is 13.5 Å². The van der Waals surface area contributed by atoms with Crippen molar-refractivity contribution in [2.24, 2.45) is 0 Å². The predicted molar refractivity (Wildman–Crippen MR) is 88.5 cm³/mol. The first kappa shape index (κ1) is 17.4. The standard InChI is InChI=1S/C17H27NO3S/c1-12-5-6-13(17(2,3)4)11-16(12)22(20,21)18-14-7-9-15(19)10-8-14/h5-6,11,14-15,18-19H,7-10H2,1-4H3. The maximum absolute atomic E-state index is 12.7. The van der Waals surface area contributed by atoms with Gasteiger partial charge in [0.05, 0.1) is 11.0 Å². The summed E-state index contributed by atoms with van der Waals surface area (Å²) < 4.78 is 28.2. The van der Waals surface area contributed by atoms with E-state index in [1.54, 1.807) is 6.07 Å². The van der Waals surface area contributed by atoms with Gasteiger partial charge < -0.3 is 5.11 Å². The van der Waals surface area contributed by atoms with Crippen molar-refractivity contribution in [3.8, 4) is 0 Å². The van der Waals surface area contributed by atoms with Gasteiger partial charge in [0, 0.05) is 6.04 Å². The van der Waals surface area contributed by atoms with Crippen molar-refractivity contribution >= 4 is 10.0 Å². The maximum atomic E-state index is 12.7. The van der Waals surface area contributed by atoms with E-state index >= 15 is 0 Å². The summed E-state index contributed by atoms with van der Waals surface area (Å²) in [5, 5.41) is 9.54. The van der Waals surface area contributed by atoms with Crippen LogP contribution in [0.5, 0.6) is 0 Å². The predicted octanol–water partition coefficient (Wildman–Crippen LogP) is 2.87. The van der Waals surface area contributed by atoms with Crippen LogP contribution in [0.15, 0.2) is 23.1 Å². The van der Waals surface area contributed by atoms with Gasteiger partial charge in [-0.1, -0.05) is 32.9 Å². The van der Waals surface area contributed by atoms with Crippen LogP contribution in [0.3, 0.4) is 0 Å². The fourth-order valence-corrected chi connectivity index (χ4v) is 4.41. The molecule has 0 radical (unpaired) electrons. The van der Waals surface area contributed by atoms with Gasteiger partial charge >= 0.3 is 0 Å². The van der Waals surface area contributed by atoms with Crippen LogP contribution in [0, 0.1) is 6.92 Å². The van der Waals surface area contributed by atoms with Gasteiger partial charge in [0.25, 0.3) is 0 Å². The largest absolute Gasteiger partial charge is 0.393 e. The summed E-state index contributed by atoms with van der Waals surface area (Å²) in [6.45, 7) is 8.05. The van der Waals surface area contributed by atoms with E-state index in [4.69, 9.17) is 0 Å². The van der Waals surface area contributed by atoms with E-state index in [9.17, 15) is 13.5 Å². The van der Waals surface area contributed by atoms with Crippen molar-refractivity contribution in [3.63, 3.8) is 0 Å². The summed E-state index contributed by atoms with van der Waals surface area (Å²) in [6.07, 6.45) is 2.42. The molecule has 0 spiro atoms. The average Bonchev–Trinajstić information content (AvgIpc) is 2.40. The molecular formula is C17H27NO3S. The first-order chi connectivity index (χ1) is 10.1. The minimum absolute atomic E-state index is 0.0777. The highest BCUT2D eigenvalue weighted by atomic mass is 32.2. The molecule has 5 heteroatoms. The van der Waals surface area contributed by atoms with Gasteiger partial charge in [0.15, 0.2) is 0 Å². The highest BCUT2D eigenvalue weighted by Crippen LogP contribution is 2.27. The Balaban J connectivity index is 2.25. The quantitative estimate of drug-likeness (QED) is 0.898. The molecule has 0 unspecified atom stereocenters. The van der Waals surface area contributed by atoms with Gasteiger partial charge in [-0.2, -0.15) is 0 Å². The Morgan fingerprint density at radius 3 is 2.27 bits per heavy atom. The molecule has 2 N–H and O–H groups in total. The molecule has 1 aromatic rings. The molecule has 0 aromatic heterocycles. The molecule has 1 aliphatic carbocycles. The van der Waals surface area contributed by atoms with Crippen LogP contribution >= 0.6 is 0 Å². The SMILES string of the molecule is Cc1ccc(C(C)(C)C)cc1S(=O)(=O)NC1CCC(O)CC1. The molecular weight excluding hydrogens is 298 g/mol. The third-order valence-electron chi connectivity index (χ3n) is 4.36. The summed E-state index contributed by atoms with van der Waals surface area (Å²) in [6, 6.07) is 5.58. The number of benzene rings is 1. The van der Waals surface area contributed by atoms with E-state index in [0.29, 0.717) is 30.6 Å². The topological polar surface area (TPSA) is 66.4 Å². The van der Waals surface area contributed by atoms with Crippen LogP contribution in [-0.2, 0) is 15.4 Å². The summed E-state index contributed by atoms with van der Waals surface area (Å²) in [7, 11) is -3.52. The van der Waals surface area contributed by atoms with E-state index in [0.717, 1.165) is 11.1 Å². The Morgan fingerprint density at radius 1 is 1.14 bits per heavy atom. The molecule has 22 heavy (non-hydrogen) atoms. The van der Waals surface area contributed by atoms with Crippen LogP contribution in [0.1, 0.15) is 57.6 Å². The van der Waals surface area contributed by atoms with Gasteiger partial charge in [0.1, 0.15) is 0 Å². The Hall–Kier alpha value is -0.910. The lowest BCUT2D eigenvalue weighted by molar-refractivity contribution is 0.120. The van der Waals surface area contributed by atoms with Gasteiger partial charge in [-0.3, -0.25) is 0 Å². The van der Waals surface area contributed by atoms with Gasteiger partial charge in [-0.05, 0) is 55.2 Å². The zero-order valence-corrected chi connectivity index (χ0v) is 14.7. The number of rotatable bonds is 3. The second kappa shape index (κ2) is 6.30. The monoisotopic (exact) mass is 325 g/mol. The highest BCUT2D eigenvalue weighted by molar-refractivity contribution is 7.89. The molecule has 0 saturated heterocycles. The van der Waals surface area contributed by atoms with Gasteiger partial charge in [0.2, 0.25) is 10.0 Å². The Morgan fingerprint density at radius 2 is 1.73 bits per heavy atom. The van der Waals surface area contributed by atoms with Crippen LogP contribution in [0.4, 0.5) is 0 Å². The van der Waals surface area contributed by atoms with Gasteiger partial charge in [-0.15, -0.1) is 0 Å². The molecule has 2 rings (SSSR count). The normalized spacial score (nSPS) is 23.5. The molecule has 1 saturated carbocycles. The third-order valence-corrected chi connectivity index (χ3v) is 6.02. The number of hydrogen-bond donors (Lipinski definition) is 2. The van der Waals surface area contributed by atoms with Gasteiger partial charge in [-0.25, -0.2) is 13.1 Å². The lowest BCUT2D eigenvalue weighted by atomic mass is 9.87. The van der Waals surface area contributed by atoms with Crippen LogP contribution in [0.25, 0.3) is 0 Å². The number of nitrogens with one attached hydrogen (secondary N) is 1. The first-order valence-corrected chi connectivity index (χ1v) is 9.39. The highest BCUT2D eigenvalue weighted by Gasteiger charge is 2.27. The minimum Gasteiger partial charge on any atom is -0.393 e. The number of hydrogen-bond acceptors (Lipinski definition) is 3. The lowest BCUT2D eigenvalue weighted by Crippen LogP contribution is -2.38. The lowest BCUT2D eigenvalue weighted by Gasteiger charge is -2.27. The van der Waals surface area contributed by atoms with Crippen molar-refractivity contribution in [1.29, 1.82) is 0 Å². The molecule has 0 amide bonds. The smallest absolute Gasteiger partial charge is 0.241 e. The molecule has 1 aromatic carbocycles. The second-order valence-corrected chi connectivity index (χ2v) is 9.04.